The molecule has 1 heterocycles. The molecule has 0 aliphatic carbocycles. The molecule has 1 nitrogen and oxygen atoms in total. The van der Waals surface area contributed by atoms with E-state index in [9.17, 15) is 0 Å². The summed E-state index contributed by atoms with van der Waals surface area (Å²) in [6.45, 7) is 7.48. The second-order valence-corrected chi connectivity index (χ2v) is 6.77. The van der Waals surface area contributed by atoms with Gasteiger partial charge in [-0.2, -0.15) is 0 Å². The van der Waals surface area contributed by atoms with Gasteiger partial charge in [-0.15, -0.1) is 11.3 Å². The maximum absolute atomic E-state index is 6.47. The van der Waals surface area contributed by atoms with Crippen LogP contribution in [0, 0.1) is 6.92 Å². The van der Waals surface area contributed by atoms with Crippen molar-refractivity contribution in [1.82, 2.24) is 5.32 Å². The molecule has 0 aliphatic heterocycles. The third-order valence-corrected chi connectivity index (χ3v) is 5.58. The van der Waals surface area contributed by atoms with Gasteiger partial charge in [-0.1, -0.05) is 49.7 Å². The van der Waals surface area contributed by atoms with Crippen molar-refractivity contribution >= 4 is 22.9 Å². The Kier molecular flexibility index (Phi) is 6.28. The number of nitrogens with one attached hydrogen (secondary N) is 1. The van der Waals surface area contributed by atoms with Gasteiger partial charge in [0.1, 0.15) is 0 Å². The number of rotatable bonds is 7. The molecule has 2 rings (SSSR count). The summed E-state index contributed by atoms with van der Waals surface area (Å²) in [4.78, 5) is 1.27. The molecule has 0 radical (unpaired) electrons. The van der Waals surface area contributed by atoms with Crippen LogP contribution in [0.1, 0.15) is 47.9 Å². The Morgan fingerprint density at radius 1 is 1.14 bits per heavy atom. The average Bonchev–Trinajstić information content (AvgIpc) is 2.84. The number of hydrogen-bond donors (Lipinski definition) is 1. The van der Waals surface area contributed by atoms with Crippen LogP contribution in [0.4, 0.5) is 0 Å². The molecule has 0 spiro atoms. The highest BCUT2D eigenvalue weighted by Crippen LogP contribution is 2.34. The molecule has 1 aromatic carbocycles. The molecule has 1 aromatic heterocycles. The third kappa shape index (κ3) is 4.32. The highest BCUT2D eigenvalue weighted by Gasteiger charge is 2.18. The molecule has 1 unspecified atom stereocenters. The van der Waals surface area contributed by atoms with E-state index in [-0.39, 0.29) is 0 Å². The summed E-state index contributed by atoms with van der Waals surface area (Å²) in [6.07, 6.45) is 3.21. The predicted octanol–water partition coefficient (Wildman–Crippen LogP) is 5.56. The number of aryl methyl sites for hydroxylation is 2. The molecule has 114 valence electrons. The van der Waals surface area contributed by atoms with Crippen LogP contribution in [0.2, 0.25) is 5.02 Å². The van der Waals surface area contributed by atoms with E-state index in [1.807, 2.05) is 0 Å². The standard InChI is InChI=1S/C18H24ClNS/c1-4-10-20-16(18-17(19)13(3)12-21-18)11-15-8-6-14(5-2)7-9-15/h6-9,12,16,20H,4-5,10-11H2,1-3H3. The predicted molar refractivity (Wildman–Crippen MR) is 94.6 cm³/mol. The van der Waals surface area contributed by atoms with Crippen LogP contribution < -0.4 is 5.32 Å². The van der Waals surface area contributed by atoms with E-state index in [0.717, 1.165) is 30.8 Å². The van der Waals surface area contributed by atoms with E-state index in [4.69, 9.17) is 11.6 Å². The van der Waals surface area contributed by atoms with E-state index in [0.29, 0.717) is 6.04 Å². The van der Waals surface area contributed by atoms with Gasteiger partial charge in [-0.3, -0.25) is 0 Å². The van der Waals surface area contributed by atoms with Crippen LogP contribution in [0.5, 0.6) is 0 Å². The van der Waals surface area contributed by atoms with Crippen molar-refractivity contribution in [2.75, 3.05) is 6.54 Å². The molecular formula is C18H24ClNS. The first-order valence-electron chi connectivity index (χ1n) is 7.70. The van der Waals surface area contributed by atoms with Crippen molar-refractivity contribution in [3.05, 3.63) is 56.2 Å². The van der Waals surface area contributed by atoms with Gasteiger partial charge >= 0.3 is 0 Å². The van der Waals surface area contributed by atoms with Gasteiger partial charge in [0.25, 0.3) is 0 Å². The van der Waals surface area contributed by atoms with Crippen LogP contribution in [0.25, 0.3) is 0 Å². The van der Waals surface area contributed by atoms with Gasteiger partial charge < -0.3 is 5.32 Å². The van der Waals surface area contributed by atoms with Gasteiger partial charge in [-0.05, 0) is 54.8 Å². The first-order valence-corrected chi connectivity index (χ1v) is 8.96. The summed E-state index contributed by atoms with van der Waals surface area (Å²) in [5.41, 5.74) is 3.94. The first-order chi connectivity index (χ1) is 10.2. The van der Waals surface area contributed by atoms with Crippen LogP contribution in [0.15, 0.2) is 29.6 Å². The van der Waals surface area contributed by atoms with Crippen LogP contribution in [0.3, 0.4) is 0 Å². The highest BCUT2D eigenvalue weighted by molar-refractivity contribution is 7.10. The number of halogens is 1. The van der Waals surface area contributed by atoms with E-state index < -0.39 is 0 Å². The van der Waals surface area contributed by atoms with E-state index in [2.05, 4.69) is 55.7 Å². The van der Waals surface area contributed by atoms with Crippen molar-refractivity contribution in [2.24, 2.45) is 0 Å². The Bertz CT molecular complexity index is 559. The molecule has 1 atom stereocenters. The Morgan fingerprint density at radius 2 is 1.81 bits per heavy atom. The van der Waals surface area contributed by atoms with Crippen LogP contribution in [-0.2, 0) is 12.8 Å². The minimum absolute atomic E-state index is 0.309. The monoisotopic (exact) mass is 321 g/mol. The molecule has 0 saturated carbocycles. The topological polar surface area (TPSA) is 12.0 Å². The fourth-order valence-corrected chi connectivity index (χ4v) is 3.81. The van der Waals surface area contributed by atoms with Gasteiger partial charge in [0.2, 0.25) is 0 Å². The molecule has 0 bridgehead atoms. The lowest BCUT2D eigenvalue weighted by molar-refractivity contribution is 0.536. The lowest BCUT2D eigenvalue weighted by atomic mass is 10.0. The second kappa shape index (κ2) is 7.98. The second-order valence-electron chi connectivity index (χ2n) is 5.48. The molecule has 3 heteroatoms. The molecule has 0 fully saturated rings. The molecule has 1 N–H and O–H groups in total. The van der Waals surface area contributed by atoms with Crippen molar-refractivity contribution in [2.45, 2.75) is 46.1 Å². The summed E-state index contributed by atoms with van der Waals surface area (Å²) in [5, 5.41) is 6.72. The molecule has 2 aromatic rings. The summed E-state index contributed by atoms with van der Waals surface area (Å²) >= 11 is 8.23. The van der Waals surface area contributed by atoms with Gasteiger partial charge in [-0.25, -0.2) is 0 Å². The first kappa shape index (κ1) is 16.5. The van der Waals surface area contributed by atoms with Crippen molar-refractivity contribution < 1.29 is 0 Å². The van der Waals surface area contributed by atoms with Crippen LogP contribution >= 0.6 is 22.9 Å². The maximum Gasteiger partial charge on any atom is 0.0590 e. The number of thiophene rings is 1. The lowest BCUT2D eigenvalue weighted by Crippen LogP contribution is -2.23. The fraction of sp³-hybridized carbons (Fsp3) is 0.444. The van der Waals surface area contributed by atoms with E-state index in [1.165, 1.54) is 21.6 Å². The molecule has 0 saturated heterocycles. The molecule has 21 heavy (non-hydrogen) atoms. The lowest BCUT2D eigenvalue weighted by Gasteiger charge is -2.18. The van der Waals surface area contributed by atoms with Crippen molar-refractivity contribution in [3.8, 4) is 0 Å². The zero-order valence-electron chi connectivity index (χ0n) is 13.1. The number of benzene rings is 1. The van der Waals surface area contributed by atoms with Gasteiger partial charge in [0.15, 0.2) is 0 Å². The molecule has 0 aliphatic rings. The minimum atomic E-state index is 0.309. The quantitative estimate of drug-likeness (QED) is 0.704. The SMILES string of the molecule is CCCNC(Cc1ccc(CC)cc1)c1scc(C)c1Cl. The zero-order chi connectivity index (χ0) is 15.2. The summed E-state index contributed by atoms with van der Waals surface area (Å²) in [7, 11) is 0. The molecular weight excluding hydrogens is 298 g/mol. The summed E-state index contributed by atoms with van der Waals surface area (Å²) < 4.78 is 0. The fourth-order valence-electron chi connectivity index (χ4n) is 2.41. The minimum Gasteiger partial charge on any atom is -0.309 e. The normalized spacial score (nSPS) is 12.6. The largest absolute Gasteiger partial charge is 0.309 e. The number of hydrogen-bond acceptors (Lipinski definition) is 2. The summed E-state index contributed by atoms with van der Waals surface area (Å²) in [5.74, 6) is 0. The Labute approximate surface area is 137 Å². The van der Waals surface area contributed by atoms with E-state index in [1.54, 1.807) is 11.3 Å². The maximum atomic E-state index is 6.47. The van der Waals surface area contributed by atoms with Crippen molar-refractivity contribution in [1.29, 1.82) is 0 Å². The zero-order valence-corrected chi connectivity index (χ0v) is 14.7. The summed E-state index contributed by atoms with van der Waals surface area (Å²) in [6, 6.07) is 9.26. The molecule has 0 amide bonds. The highest BCUT2D eigenvalue weighted by atomic mass is 35.5. The van der Waals surface area contributed by atoms with Gasteiger partial charge in [0.05, 0.1) is 5.02 Å². The average molecular weight is 322 g/mol. The van der Waals surface area contributed by atoms with Gasteiger partial charge in [0, 0.05) is 10.9 Å². The Balaban J connectivity index is 2.17. The Hall–Kier alpha value is -0.830. The van der Waals surface area contributed by atoms with Crippen LogP contribution in [-0.4, -0.2) is 6.54 Å². The van der Waals surface area contributed by atoms with E-state index >= 15 is 0 Å². The third-order valence-electron chi connectivity index (χ3n) is 3.75. The smallest absolute Gasteiger partial charge is 0.0590 e. The Morgan fingerprint density at radius 3 is 2.33 bits per heavy atom. The van der Waals surface area contributed by atoms with Crippen molar-refractivity contribution in [3.63, 3.8) is 0 Å².